The first-order chi connectivity index (χ1) is 26.8. The molecule has 4 amide bonds. The van der Waals surface area contributed by atoms with E-state index in [-0.39, 0.29) is 70.4 Å². The Morgan fingerprint density at radius 3 is 1.61 bits per heavy atom. The van der Waals surface area contributed by atoms with Gasteiger partial charge in [-0.25, -0.2) is 0 Å². The van der Waals surface area contributed by atoms with Gasteiger partial charge in [0.05, 0.1) is 74.9 Å². The van der Waals surface area contributed by atoms with Crippen molar-refractivity contribution in [1.82, 2.24) is 16.0 Å². The summed E-state index contributed by atoms with van der Waals surface area (Å²) in [5.74, 6) is -4.80. The zero-order valence-electron chi connectivity index (χ0n) is 32.9. The Bertz CT molecular complexity index is 1910. The second-order valence-corrected chi connectivity index (χ2v) is 14.6. The zero-order valence-corrected chi connectivity index (χ0v) is 32.9. The molecule has 59 heavy (non-hydrogen) atoms. The number of rotatable bonds is 19. The average Bonchev–Trinajstić information content (AvgIpc) is 3.11. The molecule has 14 nitrogen and oxygen atoms in total. The predicted octanol–water partition coefficient (Wildman–Crippen LogP) is -10.6. The van der Waals surface area contributed by atoms with E-state index in [1.54, 1.807) is 13.8 Å². The molecule has 0 aliphatic rings. The number of aliphatic imine (C=N–C) groups is 1. The van der Waals surface area contributed by atoms with Crippen LogP contribution >= 0.6 is 0 Å². The van der Waals surface area contributed by atoms with Crippen molar-refractivity contribution in [3.8, 4) is 5.75 Å². The van der Waals surface area contributed by atoms with Crippen molar-refractivity contribution in [3.63, 3.8) is 0 Å². The first kappa shape index (κ1) is 51.3. The molecule has 0 heterocycles. The van der Waals surface area contributed by atoms with Gasteiger partial charge in [-0.05, 0) is 55.5 Å². The molecule has 0 bridgehead atoms. The molecule has 27 heteroatoms. The number of nitrogens with one attached hydrogen (secondary N) is 3. The lowest BCUT2D eigenvalue weighted by molar-refractivity contribution is -0.134. The predicted molar refractivity (Wildman–Crippen MR) is 242 cm³/mol. The van der Waals surface area contributed by atoms with E-state index in [0.717, 1.165) is 0 Å². The number of phenolic OH excluding ortho intramolecular Hbond substituents is 1. The zero-order chi connectivity index (χ0) is 45.7. The van der Waals surface area contributed by atoms with Gasteiger partial charge < -0.3 is 49.7 Å². The number of benzene rings is 2. The molecule has 0 saturated carbocycles. The molecule has 1 unspecified atom stereocenters. The largest absolute Gasteiger partial charge is 0.508 e. The molecule has 0 saturated heterocycles. The molecular weight excluding hydrogens is 731 g/mol. The lowest BCUT2D eigenvalue weighted by Gasteiger charge is -2.63. The molecule has 0 aromatic heterocycles. The van der Waals surface area contributed by atoms with Crippen molar-refractivity contribution in [3.05, 3.63) is 34.4 Å². The highest BCUT2D eigenvalue weighted by Gasteiger charge is 2.54. The molecule has 14 N–H and O–H groups in total. The van der Waals surface area contributed by atoms with Crippen molar-refractivity contribution in [2.75, 3.05) is 6.54 Å². The Labute approximate surface area is 362 Å². The summed E-state index contributed by atoms with van der Waals surface area (Å²) in [6, 6.07) is -4.05. The van der Waals surface area contributed by atoms with Crippen LogP contribution < -0.4 is 71.9 Å². The molecule has 0 fully saturated rings. The minimum absolute atomic E-state index is 0.0446. The van der Waals surface area contributed by atoms with Crippen LogP contribution in [0.4, 0.5) is 0 Å². The first-order valence-electron chi connectivity index (χ1n) is 17.7. The second-order valence-electron chi connectivity index (χ2n) is 14.6. The van der Waals surface area contributed by atoms with Gasteiger partial charge in [-0.3, -0.25) is 24.2 Å². The third-order valence-corrected chi connectivity index (χ3v) is 10.0. The number of hydrogen-bond acceptors (Lipinski definition) is 8. The summed E-state index contributed by atoms with van der Waals surface area (Å²) < 4.78 is 0. The van der Waals surface area contributed by atoms with E-state index in [1.807, 2.05) is 0 Å². The number of guanidine groups is 1. The van der Waals surface area contributed by atoms with E-state index < -0.39 is 75.2 Å². The van der Waals surface area contributed by atoms with E-state index in [1.165, 1.54) is 12.1 Å². The number of carbonyl (C=O) groups excluding carboxylic acids is 4. The lowest BCUT2D eigenvalue weighted by atomic mass is 9.11. The number of nitrogens with zero attached hydrogens (tertiary/aromatic N) is 1. The Morgan fingerprint density at radius 1 is 0.695 bits per heavy atom. The number of primary amides is 1. The molecule has 4 atom stereocenters. The minimum Gasteiger partial charge on any atom is -0.508 e. The lowest BCUT2D eigenvalue weighted by Crippen LogP contribution is -2.68. The summed E-state index contributed by atoms with van der Waals surface area (Å²) in [4.78, 5) is 59.0. The summed E-state index contributed by atoms with van der Waals surface area (Å²) in [5.41, 5.74) is 28.9. The minimum atomic E-state index is -3.02. The molecule has 0 aliphatic heterocycles. The first-order valence-corrected chi connectivity index (χ1v) is 17.7. The van der Waals surface area contributed by atoms with Crippen LogP contribution in [0.5, 0.6) is 5.75 Å². The summed E-state index contributed by atoms with van der Waals surface area (Å²) in [5, 5.41) is 5.80. The highest BCUT2D eigenvalue weighted by molar-refractivity contribution is 6.68. The van der Waals surface area contributed by atoms with E-state index in [9.17, 15) is 24.3 Å². The van der Waals surface area contributed by atoms with E-state index in [2.05, 4.69) is 20.9 Å². The van der Waals surface area contributed by atoms with E-state index >= 15 is 0 Å². The van der Waals surface area contributed by atoms with Gasteiger partial charge in [-0.1, -0.05) is 16.1 Å². The van der Waals surface area contributed by atoms with Crippen molar-refractivity contribution < 1.29 is 24.3 Å². The normalized spacial score (nSPS) is 14.2. The smallest absolute Gasteiger partial charge is 0.243 e. The summed E-state index contributed by atoms with van der Waals surface area (Å²) in [6.07, 6.45) is -0.486. The van der Waals surface area contributed by atoms with Crippen LogP contribution in [0.3, 0.4) is 0 Å². The third-order valence-electron chi connectivity index (χ3n) is 10.0. The van der Waals surface area contributed by atoms with Gasteiger partial charge in [-0.15, -0.1) is 37.7 Å². The quantitative estimate of drug-likeness (QED) is 0.0284. The standard InChI is InChI=1S/C32H36B13N9O5/c1-10-6-12(55)7-11(2)13(10)8-17(53-25(57)15(46)4-3-5-51-28(48)49)26(58)54-23(29(38,39)30(40,41)31(42,43)32(44,45)50)27(59)52-16(24(47)56)9-14-18(33)20(35)22(37)21(36)19(14)34/h6-7,15-17,23,55H,3-5,8-9,46,50H2,1-2H3,(H2,47,56)(H,52,59)(H,53,57)(H,54,58)(H4,48,49,51)/t15-,16+,17+,23?/m1/s1. The topological polar surface area (TPSA) is 267 Å². The van der Waals surface area contributed by atoms with Gasteiger partial charge in [0, 0.05) is 19.4 Å². The fourth-order valence-corrected chi connectivity index (χ4v) is 6.04. The maximum Gasteiger partial charge on any atom is 0.243 e. The molecule has 0 aliphatic carbocycles. The maximum absolute atomic E-state index is 14.4. The number of amides is 4. The Morgan fingerprint density at radius 2 is 1.15 bits per heavy atom. The molecule has 278 valence electrons. The number of hydrogen-bond donors (Lipinski definition) is 9. The number of carbonyl (C=O) groups is 4. The fraction of sp³-hybridized carbons (Fsp3) is 0.469. The molecule has 2 aromatic rings. The third kappa shape index (κ3) is 11.7. The summed E-state index contributed by atoms with van der Waals surface area (Å²) in [6.45, 7) is 3.42. The second kappa shape index (κ2) is 19.7. The van der Waals surface area contributed by atoms with Crippen molar-refractivity contribution in [2.24, 2.45) is 33.7 Å². The van der Waals surface area contributed by atoms with Crippen LogP contribution in [0.25, 0.3) is 0 Å². The van der Waals surface area contributed by atoms with Crippen LogP contribution in [0.1, 0.15) is 35.1 Å². The van der Waals surface area contributed by atoms with Crippen LogP contribution in [-0.2, 0) is 32.0 Å². The number of nitrogens with two attached hydrogens (primary N) is 5. The van der Waals surface area contributed by atoms with Crippen molar-refractivity contribution in [2.45, 2.75) is 84.7 Å². The number of phenols is 1. The molecule has 2 rings (SSSR count). The molecule has 26 radical (unpaired) electrons. The Balaban J connectivity index is 2.75. The maximum atomic E-state index is 14.4. The fourth-order valence-electron chi connectivity index (χ4n) is 6.04. The molecular formula is C32H36B13N9O5. The van der Waals surface area contributed by atoms with E-state index in [0.29, 0.717) is 16.7 Å². The van der Waals surface area contributed by atoms with Gasteiger partial charge in [0.15, 0.2) is 5.96 Å². The Kier molecular flexibility index (Phi) is 17.1. The average molecular weight is 767 g/mol. The molecule has 0 spiro atoms. The molecule has 2 aromatic carbocycles. The van der Waals surface area contributed by atoms with Gasteiger partial charge >= 0.3 is 0 Å². The van der Waals surface area contributed by atoms with Crippen LogP contribution in [-0.4, -0.2) is 173 Å². The number of aryl methyl sites for hydroxylation is 2. The van der Waals surface area contributed by atoms with Gasteiger partial charge in [-0.2, -0.15) is 0 Å². The van der Waals surface area contributed by atoms with Crippen LogP contribution in [0.2, 0.25) is 15.6 Å². The monoisotopic (exact) mass is 769 g/mol. The van der Waals surface area contributed by atoms with Gasteiger partial charge in [0.2, 0.25) is 23.6 Å². The van der Waals surface area contributed by atoms with Crippen molar-refractivity contribution >= 4 is 159 Å². The Hall–Kier alpha value is -3.85. The summed E-state index contributed by atoms with van der Waals surface area (Å²) in [7, 11) is 79.6. The van der Waals surface area contributed by atoms with Crippen LogP contribution in [0, 0.1) is 13.8 Å². The highest BCUT2D eigenvalue weighted by atomic mass is 16.3. The van der Waals surface area contributed by atoms with Gasteiger partial charge in [0.25, 0.3) is 0 Å². The van der Waals surface area contributed by atoms with E-state index in [4.69, 9.17) is 131 Å². The summed E-state index contributed by atoms with van der Waals surface area (Å²) >= 11 is 0. The van der Waals surface area contributed by atoms with Crippen LogP contribution in [0.15, 0.2) is 17.1 Å². The van der Waals surface area contributed by atoms with Crippen molar-refractivity contribution in [1.29, 1.82) is 0 Å². The van der Waals surface area contributed by atoms with Gasteiger partial charge in [0.1, 0.15) is 57.1 Å². The SMILES string of the molecule is [B]c1c([B])c([B])c(C[C@H](NC(=O)C(NC(=O)[C@H](Cc2c(C)cc(O)cc2C)NC(=O)[C@H](N)CCCN=C(N)N)C([B])([B])C([B])([B])C([B])([B])C([B])([B])N)C(N)=O)c([B])c1[B]. The highest BCUT2D eigenvalue weighted by Crippen LogP contribution is 2.60. The number of aromatic hydroxyl groups is 1.